The molecule has 0 saturated heterocycles. The molecule has 0 atom stereocenters. The summed E-state index contributed by atoms with van der Waals surface area (Å²) in [6, 6.07) is 6.04. The second kappa shape index (κ2) is 5.48. The molecule has 0 aliphatic carbocycles. The van der Waals surface area contributed by atoms with Gasteiger partial charge in [0, 0.05) is 6.54 Å². The number of hydrogen-bond donors (Lipinski definition) is 2. The van der Waals surface area contributed by atoms with Crippen LogP contribution in [0.25, 0.3) is 0 Å². The third-order valence-corrected chi connectivity index (χ3v) is 2.89. The van der Waals surface area contributed by atoms with Crippen molar-refractivity contribution in [2.45, 2.75) is 17.9 Å². The van der Waals surface area contributed by atoms with Gasteiger partial charge in [0.1, 0.15) is 0 Å². The first kappa shape index (κ1) is 13.2. The summed E-state index contributed by atoms with van der Waals surface area (Å²) < 4.78 is 22.2. The molecule has 0 radical (unpaired) electrons. The van der Waals surface area contributed by atoms with E-state index in [1.54, 1.807) is 12.1 Å². The first-order valence-corrected chi connectivity index (χ1v) is 6.30. The third kappa shape index (κ3) is 4.26. The number of hydrogen-bond acceptors (Lipinski definition) is 3. The highest BCUT2D eigenvalue weighted by Crippen LogP contribution is 2.09. The van der Waals surface area contributed by atoms with Crippen molar-refractivity contribution in [2.24, 2.45) is 5.14 Å². The van der Waals surface area contributed by atoms with Gasteiger partial charge in [0.2, 0.25) is 15.9 Å². The van der Waals surface area contributed by atoms with E-state index in [1.165, 1.54) is 12.1 Å². The molecule has 90 valence electrons. The molecule has 0 fully saturated rings. The van der Waals surface area contributed by atoms with Gasteiger partial charge in [-0.3, -0.25) is 4.79 Å². The number of nitrogens with one attached hydrogen (secondary N) is 1. The Morgan fingerprint density at radius 3 is 2.76 bits per heavy atom. The summed E-state index contributed by atoms with van der Waals surface area (Å²) in [5.74, 6) is 1.93. The molecular formula is C11H12N2O3S. The number of rotatable bonds is 4. The van der Waals surface area contributed by atoms with Crippen molar-refractivity contribution in [1.29, 1.82) is 0 Å². The Morgan fingerprint density at radius 2 is 2.18 bits per heavy atom. The molecule has 1 amide bonds. The maximum atomic E-state index is 11.1. The van der Waals surface area contributed by atoms with Gasteiger partial charge in [-0.05, 0) is 17.7 Å². The first-order chi connectivity index (χ1) is 7.93. The molecule has 3 N–H and O–H groups in total. The fourth-order valence-electron chi connectivity index (χ4n) is 1.19. The van der Waals surface area contributed by atoms with E-state index < -0.39 is 10.0 Å². The van der Waals surface area contributed by atoms with Gasteiger partial charge < -0.3 is 5.32 Å². The van der Waals surface area contributed by atoms with Crippen molar-refractivity contribution in [2.75, 3.05) is 0 Å². The van der Waals surface area contributed by atoms with Gasteiger partial charge in [0.15, 0.2) is 0 Å². The Balaban J connectivity index is 2.74. The number of carbonyl (C=O) groups excluding carboxylic acids is 1. The van der Waals surface area contributed by atoms with Crippen LogP contribution < -0.4 is 10.5 Å². The molecule has 0 saturated carbocycles. The first-order valence-electron chi connectivity index (χ1n) is 4.75. The molecule has 1 aromatic carbocycles. The lowest BCUT2D eigenvalue weighted by atomic mass is 10.2. The molecule has 0 bridgehead atoms. The molecule has 1 aromatic rings. The van der Waals surface area contributed by atoms with Crippen LogP contribution in [0.3, 0.4) is 0 Å². The van der Waals surface area contributed by atoms with Crippen LogP contribution in [0.5, 0.6) is 0 Å². The number of primary sulfonamides is 1. The molecule has 0 spiro atoms. The Morgan fingerprint density at radius 1 is 1.47 bits per heavy atom. The van der Waals surface area contributed by atoms with Gasteiger partial charge in [-0.15, -0.1) is 6.42 Å². The van der Waals surface area contributed by atoms with Crippen LogP contribution in [0.1, 0.15) is 12.0 Å². The molecule has 0 aromatic heterocycles. The predicted octanol–water partition coefficient (Wildman–Crippen LogP) is -0.0265. The van der Waals surface area contributed by atoms with Crippen LogP contribution >= 0.6 is 0 Å². The topological polar surface area (TPSA) is 89.3 Å². The fraction of sp³-hybridized carbons (Fsp3) is 0.182. The van der Waals surface area contributed by atoms with E-state index >= 15 is 0 Å². The molecule has 5 nitrogen and oxygen atoms in total. The van der Waals surface area contributed by atoms with E-state index in [1.807, 2.05) is 0 Å². The van der Waals surface area contributed by atoms with Crippen molar-refractivity contribution >= 4 is 15.9 Å². The lowest BCUT2D eigenvalue weighted by molar-refractivity contribution is -0.120. The Labute approximate surface area is 100 Å². The zero-order valence-corrected chi connectivity index (χ0v) is 9.83. The minimum absolute atomic E-state index is 0.00508. The molecule has 0 aliphatic heterocycles. The summed E-state index contributed by atoms with van der Waals surface area (Å²) in [5, 5.41) is 7.55. The summed E-state index contributed by atoms with van der Waals surface area (Å²) in [7, 11) is -3.72. The molecule has 1 rings (SSSR count). The Kier molecular flexibility index (Phi) is 4.26. The van der Waals surface area contributed by atoms with Crippen LogP contribution in [-0.2, 0) is 21.4 Å². The van der Waals surface area contributed by atoms with Crippen molar-refractivity contribution in [1.82, 2.24) is 5.32 Å². The van der Waals surface area contributed by atoms with Gasteiger partial charge in [-0.25, -0.2) is 13.6 Å². The number of terminal acetylenes is 1. The van der Waals surface area contributed by atoms with Crippen molar-refractivity contribution in [3.05, 3.63) is 29.8 Å². The highest BCUT2D eigenvalue weighted by Gasteiger charge is 2.08. The molecule has 6 heteroatoms. The summed E-state index contributed by atoms with van der Waals surface area (Å²) in [6.07, 6.45) is 4.97. The molecular weight excluding hydrogens is 240 g/mol. The predicted molar refractivity (Wildman–Crippen MR) is 63.1 cm³/mol. The highest BCUT2D eigenvalue weighted by atomic mass is 32.2. The number of nitrogens with two attached hydrogens (primary N) is 1. The van der Waals surface area contributed by atoms with Crippen molar-refractivity contribution in [3.8, 4) is 12.3 Å². The maximum Gasteiger partial charge on any atom is 0.238 e. The third-order valence-electron chi connectivity index (χ3n) is 1.98. The number of amides is 1. The summed E-state index contributed by atoms with van der Waals surface area (Å²) >= 11 is 0. The molecule has 0 heterocycles. The summed E-state index contributed by atoms with van der Waals surface area (Å²) in [6.45, 7) is 0.212. The normalized spacial score (nSPS) is 10.6. The van der Waals surface area contributed by atoms with E-state index in [0.717, 1.165) is 0 Å². The monoisotopic (exact) mass is 252 g/mol. The van der Waals surface area contributed by atoms with Crippen molar-refractivity contribution < 1.29 is 13.2 Å². The highest BCUT2D eigenvalue weighted by molar-refractivity contribution is 7.89. The SMILES string of the molecule is C#CCC(=O)NCc1cccc(S(N)(=O)=O)c1. The number of benzene rings is 1. The van der Waals surface area contributed by atoms with E-state index in [4.69, 9.17) is 11.6 Å². The molecule has 0 unspecified atom stereocenters. The van der Waals surface area contributed by atoms with E-state index in [0.29, 0.717) is 5.56 Å². The van der Waals surface area contributed by atoms with Gasteiger partial charge in [0.25, 0.3) is 0 Å². The van der Waals surface area contributed by atoms with Gasteiger partial charge in [-0.1, -0.05) is 18.1 Å². The van der Waals surface area contributed by atoms with Crippen LogP contribution in [0, 0.1) is 12.3 Å². The van der Waals surface area contributed by atoms with Gasteiger partial charge in [0.05, 0.1) is 11.3 Å². The standard InChI is InChI=1S/C11H12N2O3S/c1-2-4-11(14)13-8-9-5-3-6-10(7-9)17(12,15)16/h1,3,5-7H,4,8H2,(H,13,14)(H2,12,15,16). The average molecular weight is 252 g/mol. The van der Waals surface area contributed by atoms with E-state index in [2.05, 4.69) is 11.2 Å². The van der Waals surface area contributed by atoms with Crippen LogP contribution in [0.15, 0.2) is 29.2 Å². The second-order valence-electron chi connectivity index (χ2n) is 3.35. The quantitative estimate of drug-likeness (QED) is 0.738. The smallest absolute Gasteiger partial charge is 0.238 e. The summed E-state index contributed by atoms with van der Waals surface area (Å²) in [4.78, 5) is 11.1. The average Bonchev–Trinajstić information content (AvgIpc) is 2.26. The minimum atomic E-state index is -3.72. The van der Waals surface area contributed by atoms with E-state index in [9.17, 15) is 13.2 Å². The van der Waals surface area contributed by atoms with Crippen LogP contribution in [0.4, 0.5) is 0 Å². The Bertz CT molecular complexity index is 558. The lowest BCUT2D eigenvalue weighted by Crippen LogP contribution is -2.22. The fourth-order valence-corrected chi connectivity index (χ4v) is 1.77. The lowest BCUT2D eigenvalue weighted by Gasteiger charge is -2.05. The van der Waals surface area contributed by atoms with Crippen LogP contribution in [-0.4, -0.2) is 14.3 Å². The molecule has 17 heavy (non-hydrogen) atoms. The van der Waals surface area contributed by atoms with Crippen LogP contribution in [0.2, 0.25) is 0 Å². The van der Waals surface area contributed by atoms with Gasteiger partial charge in [-0.2, -0.15) is 0 Å². The summed E-state index contributed by atoms with van der Waals surface area (Å²) in [5.41, 5.74) is 0.641. The number of sulfonamides is 1. The molecule has 0 aliphatic rings. The number of carbonyl (C=O) groups is 1. The largest absolute Gasteiger partial charge is 0.351 e. The van der Waals surface area contributed by atoms with Crippen molar-refractivity contribution in [3.63, 3.8) is 0 Å². The maximum absolute atomic E-state index is 11.1. The van der Waals surface area contributed by atoms with E-state index in [-0.39, 0.29) is 23.8 Å². The zero-order chi connectivity index (χ0) is 12.9. The zero-order valence-electron chi connectivity index (χ0n) is 9.01. The second-order valence-corrected chi connectivity index (χ2v) is 4.91. The Hall–Kier alpha value is -1.84. The van der Waals surface area contributed by atoms with Gasteiger partial charge >= 0.3 is 0 Å². The minimum Gasteiger partial charge on any atom is -0.351 e.